The molecule has 0 radical (unpaired) electrons. The number of nitrogens with zero attached hydrogens (tertiary/aromatic N) is 2. The molecule has 0 unspecified atom stereocenters. The Balaban J connectivity index is 2.12. The second-order valence-corrected chi connectivity index (χ2v) is 3.89. The van der Waals surface area contributed by atoms with Gasteiger partial charge in [0, 0.05) is 25.1 Å². The summed E-state index contributed by atoms with van der Waals surface area (Å²) in [7, 11) is 1.63. The number of rotatable bonds is 2. The Bertz CT molecular complexity index is 506. The van der Waals surface area contributed by atoms with Crippen LogP contribution in [0.5, 0.6) is 5.88 Å². The Labute approximate surface area is 98.8 Å². The molecular formula is C12H13N3O2. The standard InChI is InChI=1S/C12H13N3O2/c1-16-12-8-7-13-5-4-9(8)14-11(15-12)10-3-2-6-17-10/h2-3,6,13H,4-5,7H2,1H3. The highest BCUT2D eigenvalue weighted by atomic mass is 16.5. The van der Waals surface area contributed by atoms with Gasteiger partial charge in [0.05, 0.1) is 19.1 Å². The molecule has 0 spiro atoms. The largest absolute Gasteiger partial charge is 0.481 e. The quantitative estimate of drug-likeness (QED) is 0.846. The molecule has 88 valence electrons. The normalized spacial score (nSPS) is 14.4. The molecule has 5 heteroatoms. The maximum absolute atomic E-state index is 5.32. The molecule has 3 rings (SSSR count). The molecule has 1 aliphatic heterocycles. The van der Waals surface area contributed by atoms with Crippen molar-refractivity contribution in [2.24, 2.45) is 0 Å². The lowest BCUT2D eigenvalue weighted by Gasteiger charge is -2.18. The van der Waals surface area contributed by atoms with E-state index in [0.29, 0.717) is 17.5 Å². The summed E-state index contributed by atoms with van der Waals surface area (Å²) in [5.41, 5.74) is 2.09. The zero-order valence-corrected chi connectivity index (χ0v) is 9.56. The van der Waals surface area contributed by atoms with Gasteiger partial charge in [-0.05, 0) is 12.1 Å². The number of furan rings is 1. The first-order valence-corrected chi connectivity index (χ1v) is 5.57. The van der Waals surface area contributed by atoms with E-state index in [2.05, 4.69) is 15.3 Å². The van der Waals surface area contributed by atoms with Gasteiger partial charge in [0.2, 0.25) is 5.88 Å². The Morgan fingerprint density at radius 2 is 2.35 bits per heavy atom. The van der Waals surface area contributed by atoms with Crippen LogP contribution in [0, 0.1) is 0 Å². The van der Waals surface area contributed by atoms with Gasteiger partial charge in [0.15, 0.2) is 11.6 Å². The van der Waals surface area contributed by atoms with E-state index in [1.807, 2.05) is 12.1 Å². The van der Waals surface area contributed by atoms with Crippen molar-refractivity contribution in [3.05, 3.63) is 29.7 Å². The minimum Gasteiger partial charge on any atom is -0.481 e. The van der Waals surface area contributed by atoms with E-state index in [1.165, 1.54) is 0 Å². The third kappa shape index (κ3) is 1.78. The lowest BCUT2D eigenvalue weighted by atomic mass is 10.1. The van der Waals surface area contributed by atoms with Crippen molar-refractivity contribution >= 4 is 0 Å². The third-order valence-corrected chi connectivity index (χ3v) is 2.83. The summed E-state index contributed by atoms with van der Waals surface area (Å²) in [5.74, 6) is 1.89. The second-order valence-electron chi connectivity index (χ2n) is 3.89. The van der Waals surface area contributed by atoms with E-state index >= 15 is 0 Å². The summed E-state index contributed by atoms with van der Waals surface area (Å²) >= 11 is 0. The number of nitrogens with one attached hydrogen (secondary N) is 1. The third-order valence-electron chi connectivity index (χ3n) is 2.83. The van der Waals surface area contributed by atoms with Crippen molar-refractivity contribution in [2.45, 2.75) is 13.0 Å². The van der Waals surface area contributed by atoms with Crippen LogP contribution in [-0.4, -0.2) is 23.6 Å². The molecule has 3 heterocycles. The van der Waals surface area contributed by atoms with Crippen LogP contribution in [0.1, 0.15) is 11.3 Å². The molecular weight excluding hydrogens is 218 g/mol. The van der Waals surface area contributed by atoms with E-state index in [0.717, 1.165) is 30.8 Å². The van der Waals surface area contributed by atoms with Gasteiger partial charge in [-0.2, -0.15) is 4.98 Å². The molecule has 2 aromatic rings. The first-order chi connectivity index (χ1) is 8.38. The number of fused-ring (bicyclic) bond motifs is 1. The van der Waals surface area contributed by atoms with Crippen LogP contribution < -0.4 is 10.1 Å². The summed E-state index contributed by atoms with van der Waals surface area (Å²) in [5, 5.41) is 3.29. The first kappa shape index (κ1) is 10.3. The number of hydrogen-bond donors (Lipinski definition) is 1. The highest BCUT2D eigenvalue weighted by Gasteiger charge is 2.19. The summed E-state index contributed by atoms with van der Waals surface area (Å²) in [6.45, 7) is 1.70. The lowest BCUT2D eigenvalue weighted by Crippen LogP contribution is -2.25. The molecule has 5 nitrogen and oxygen atoms in total. The molecule has 0 saturated carbocycles. The van der Waals surface area contributed by atoms with Gasteiger partial charge < -0.3 is 14.5 Å². The fourth-order valence-electron chi connectivity index (χ4n) is 2.00. The Morgan fingerprint density at radius 3 is 3.12 bits per heavy atom. The van der Waals surface area contributed by atoms with Crippen molar-refractivity contribution in [1.82, 2.24) is 15.3 Å². The van der Waals surface area contributed by atoms with E-state index in [4.69, 9.17) is 9.15 Å². The molecule has 0 atom stereocenters. The van der Waals surface area contributed by atoms with Gasteiger partial charge in [-0.1, -0.05) is 0 Å². The lowest BCUT2D eigenvalue weighted by molar-refractivity contribution is 0.385. The monoisotopic (exact) mass is 231 g/mol. The van der Waals surface area contributed by atoms with Gasteiger partial charge in [-0.25, -0.2) is 4.98 Å². The van der Waals surface area contributed by atoms with Crippen LogP contribution in [0.15, 0.2) is 22.8 Å². The smallest absolute Gasteiger partial charge is 0.221 e. The van der Waals surface area contributed by atoms with Crippen LogP contribution >= 0.6 is 0 Å². The fraction of sp³-hybridized carbons (Fsp3) is 0.333. The Kier molecular flexibility index (Phi) is 2.53. The zero-order chi connectivity index (χ0) is 11.7. The van der Waals surface area contributed by atoms with Gasteiger partial charge in [0.1, 0.15) is 0 Å². The zero-order valence-electron chi connectivity index (χ0n) is 9.56. The number of hydrogen-bond acceptors (Lipinski definition) is 5. The second kappa shape index (κ2) is 4.18. The van der Waals surface area contributed by atoms with E-state index in [9.17, 15) is 0 Å². The summed E-state index contributed by atoms with van der Waals surface area (Å²) < 4.78 is 10.6. The minimum absolute atomic E-state index is 0.590. The molecule has 0 bridgehead atoms. The molecule has 0 amide bonds. The van der Waals surface area contributed by atoms with Crippen molar-refractivity contribution in [3.8, 4) is 17.5 Å². The van der Waals surface area contributed by atoms with Crippen LogP contribution in [-0.2, 0) is 13.0 Å². The molecule has 1 aliphatic rings. The molecule has 0 aliphatic carbocycles. The van der Waals surface area contributed by atoms with Crippen LogP contribution in [0.2, 0.25) is 0 Å². The van der Waals surface area contributed by atoms with Crippen molar-refractivity contribution in [1.29, 1.82) is 0 Å². The fourth-order valence-corrected chi connectivity index (χ4v) is 2.00. The van der Waals surface area contributed by atoms with Crippen molar-refractivity contribution < 1.29 is 9.15 Å². The molecule has 0 saturated heterocycles. The molecule has 0 fully saturated rings. The van der Waals surface area contributed by atoms with E-state index < -0.39 is 0 Å². The summed E-state index contributed by atoms with van der Waals surface area (Å²) in [6, 6.07) is 3.68. The van der Waals surface area contributed by atoms with Crippen LogP contribution in [0.4, 0.5) is 0 Å². The molecule has 2 aromatic heterocycles. The predicted octanol–water partition coefficient (Wildman–Crippen LogP) is 1.39. The topological polar surface area (TPSA) is 60.2 Å². The SMILES string of the molecule is COc1nc(-c2ccco2)nc2c1CNCC2. The molecule has 1 N–H and O–H groups in total. The number of ether oxygens (including phenoxy) is 1. The van der Waals surface area contributed by atoms with Gasteiger partial charge in [-0.3, -0.25) is 0 Å². The summed E-state index contributed by atoms with van der Waals surface area (Å²) in [4.78, 5) is 8.92. The van der Waals surface area contributed by atoms with Crippen molar-refractivity contribution in [3.63, 3.8) is 0 Å². The number of aromatic nitrogens is 2. The highest BCUT2D eigenvalue weighted by molar-refractivity contribution is 5.50. The Morgan fingerprint density at radius 1 is 1.41 bits per heavy atom. The summed E-state index contributed by atoms with van der Waals surface area (Å²) in [6.07, 6.45) is 2.51. The number of methoxy groups -OCH3 is 1. The van der Waals surface area contributed by atoms with Gasteiger partial charge in [-0.15, -0.1) is 0 Å². The Hall–Kier alpha value is -1.88. The highest BCUT2D eigenvalue weighted by Crippen LogP contribution is 2.26. The predicted molar refractivity (Wildman–Crippen MR) is 61.7 cm³/mol. The maximum atomic E-state index is 5.32. The van der Waals surface area contributed by atoms with Crippen molar-refractivity contribution in [2.75, 3.05) is 13.7 Å². The molecule has 0 aromatic carbocycles. The average Bonchev–Trinajstić information content (AvgIpc) is 2.91. The molecule has 17 heavy (non-hydrogen) atoms. The minimum atomic E-state index is 0.590. The van der Waals surface area contributed by atoms with E-state index in [1.54, 1.807) is 13.4 Å². The maximum Gasteiger partial charge on any atom is 0.221 e. The average molecular weight is 231 g/mol. The van der Waals surface area contributed by atoms with Gasteiger partial charge >= 0.3 is 0 Å². The van der Waals surface area contributed by atoms with Gasteiger partial charge in [0.25, 0.3) is 0 Å². The first-order valence-electron chi connectivity index (χ1n) is 5.57. The van der Waals surface area contributed by atoms with E-state index in [-0.39, 0.29) is 0 Å². The van der Waals surface area contributed by atoms with Crippen LogP contribution in [0.3, 0.4) is 0 Å². The van der Waals surface area contributed by atoms with Crippen LogP contribution in [0.25, 0.3) is 11.6 Å².